The molecule has 104 valence electrons. The molecule has 4 nitrogen and oxygen atoms in total. The fourth-order valence-electron chi connectivity index (χ4n) is 2.00. The number of carbonyl (C=O) groups excluding carboxylic acids is 1. The van der Waals surface area contributed by atoms with Gasteiger partial charge in [-0.05, 0) is 30.7 Å². The Morgan fingerprint density at radius 1 is 1.35 bits per heavy atom. The van der Waals surface area contributed by atoms with Crippen molar-refractivity contribution in [1.82, 2.24) is 0 Å². The first-order valence-electron chi connectivity index (χ1n) is 6.29. The van der Waals surface area contributed by atoms with Gasteiger partial charge in [-0.3, -0.25) is 4.79 Å². The molecule has 0 aliphatic rings. The molecule has 0 bridgehead atoms. The smallest absolute Gasteiger partial charge is 0.224 e. The number of hydrogen-bond donors (Lipinski definition) is 2. The molecule has 0 fully saturated rings. The van der Waals surface area contributed by atoms with Crippen LogP contribution in [0.25, 0.3) is 0 Å². The van der Waals surface area contributed by atoms with Crippen molar-refractivity contribution >= 4 is 28.8 Å². The van der Waals surface area contributed by atoms with Crippen LogP contribution in [0.5, 0.6) is 0 Å². The van der Waals surface area contributed by atoms with Crippen molar-refractivity contribution in [3.8, 4) is 0 Å². The van der Waals surface area contributed by atoms with Crippen LogP contribution in [0.15, 0.2) is 41.0 Å². The van der Waals surface area contributed by atoms with E-state index in [1.165, 1.54) is 0 Å². The van der Waals surface area contributed by atoms with Gasteiger partial charge >= 0.3 is 0 Å². The van der Waals surface area contributed by atoms with Crippen LogP contribution in [-0.2, 0) is 11.2 Å². The van der Waals surface area contributed by atoms with Gasteiger partial charge in [0.25, 0.3) is 0 Å². The SMILES string of the molecule is Cc1cccc(NC(=O)CCc2ccco2)c1C(N)=S. The van der Waals surface area contributed by atoms with Gasteiger partial charge in [0.15, 0.2) is 0 Å². The Morgan fingerprint density at radius 3 is 2.80 bits per heavy atom. The fourth-order valence-corrected chi connectivity index (χ4v) is 2.27. The summed E-state index contributed by atoms with van der Waals surface area (Å²) in [6.45, 7) is 1.91. The van der Waals surface area contributed by atoms with Gasteiger partial charge in [0.1, 0.15) is 10.7 Å². The maximum Gasteiger partial charge on any atom is 0.224 e. The summed E-state index contributed by atoms with van der Waals surface area (Å²) in [5, 5.41) is 2.85. The molecule has 0 aliphatic carbocycles. The van der Waals surface area contributed by atoms with E-state index < -0.39 is 0 Å². The first kappa shape index (κ1) is 14.3. The van der Waals surface area contributed by atoms with Crippen molar-refractivity contribution in [3.63, 3.8) is 0 Å². The fraction of sp³-hybridized carbons (Fsp3) is 0.200. The van der Waals surface area contributed by atoms with Crippen molar-refractivity contribution < 1.29 is 9.21 Å². The lowest BCUT2D eigenvalue weighted by atomic mass is 10.1. The second-order valence-corrected chi connectivity index (χ2v) is 4.93. The Morgan fingerprint density at radius 2 is 2.15 bits per heavy atom. The highest BCUT2D eigenvalue weighted by Crippen LogP contribution is 2.19. The van der Waals surface area contributed by atoms with Crippen molar-refractivity contribution in [2.45, 2.75) is 19.8 Å². The third-order valence-electron chi connectivity index (χ3n) is 2.97. The Labute approximate surface area is 123 Å². The van der Waals surface area contributed by atoms with Crippen LogP contribution in [0.4, 0.5) is 5.69 Å². The van der Waals surface area contributed by atoms with Gasteiger partial charge < -0.3 is 15.5 Å². The van der Waals surface area contributed by atoms with Crippen molar-refractivity contribution in [2.24, 2.45) is 5.73 Å². The van der Waals surface area contributed by atoms with Crippen molar-refractivity contribution in [2.75, 3.05) is 5.32 Å². The second-order valence-electron chi connectivity index (χ2n) is 4.49. The van der Waals surface area contributed by atoms with E-state index in [0.717, 1.165) is 11.3 Å². The standard InChI is InChI=1S/C15H16N2O2S/c1-10-4-2-6-12(14(10)15(16)20)17-13(18)8-7-11-5-3-9-19-11/h2-6,9H,7-8H2,1H3,(H2,16,20)(H,17,18). The van der Waals surface area contributed by atoms with Crippen LogP contribution in [-0.4, -0.2) is 10.9 Å². The van der Waals surface area contributed by atoms with E-state index in [-0.39, 0.29) is 10.9 Å². The van der Waals surface area contributed by atoms with Crippen LogP contribution in [0.3, 0.4) is 0 Å². The number of aryl methyl sites for hydroxylation is 2. The molecule has 0 aliphatic heterocycles. The Hall–Kier alpha value is -2.14. The number of rotatable bonds is 5. The van der Waals surface area contributed by atoms with Crippen LogP contribution < -0.4 is 11.1 Å². The molecule has 0 atom stereocenters. The molecule has 0 radical (unpaired) electrons. The number of benzene rings is 1. The summed E-state index contributed by atoms with van der Waals surface area (Å²) in [6.07, 6.45) is 2.50. The third-order valence-corrected chi connectivity index (χ3v) is 3.18. The predicted molar refractivity (Wildman–Crippen MR) is 82.7 cm³/mol. The van der Waals surface area contributed by atoms with Gasteiger partial charge in [-0.1, -0.05) is 24.4 Å². The van der Waals surface area contributed by atoms with Gasteiger partial charge in [-0.25, -0.2) is 0 Å². The van der Waals surface area contributed by atoms with Gasteiger partial charge in [-0.15, -0.1) is 0 Å². The summed E-state index contributed by atoms with van der Waals surface area (Å²) < 4.78 is 5.19. The summed E-state index contributed by atoms with van der Waals surface area (Å²) in [7, 11) is 0. The molecule has 3 N–H and O–H groups in total. The first-order chi connectivity index (χ1) is 9.58. The number of amides is 1. The minimum absolute atomic E-state index is 0.0931. The molecule has 1 amide bonds. The predicted octanol–water partition coefficient (Wildman–Crippen LogP) is 2.79. The minimum Gasteiger partial charge on any atom is -0.469 e. The molecule has 2 aromatic rings. The molecular weight excluding hydrogens is 272 g/mol. The molecular formula is C15H16N2O2S. The highest BCUT2D eigenvalue weighted by Gasteiger charge is 2.11. The number of carbonyl (C=O) groups is 1. The Kier molecular flexibility index (Phi) is 4.53. The van der Waals surface area contributed by atoms with Gasteiger partial charge in [0, 0.05) is 18.4 Å². The van der Waals surface area contributed by atoms with E-state index in [1.807, 2.05) is 25.1 Å². The summed E-state index contributed by atoms with van der Waals surface area (Å²) in [4.78, 5) is 12.2. The van der Waals surface area contributed by atoms with Crippen molar-refractivity contribution in [3.05, 3.63) is 53.5 Å². The van der Waals surface area contributed by atoms with E-state index in [2.05, 4.69) is 5.32 Å². The molecule has 5 heteroatoms. The molecule has 0 spiro atoms. The molecule has 0 unspecified atom stereocenters. The maximum absolute atomic E-state index is 12.0. The molecule has 1 heterocycles. The first-order valence-corrected chi connectivity index (χ1v) is 6.70. The van der Waals surface area contributed by atoms with E-state index >= 15 is 0 Å². The van der Waals surface area contributed by atoms with E-state index in [4.69, 9.17) is 22.4 Å². The number of hydrogen-bond acceptors (Lipinski definition) is 3. The quantitative estimate of drug-likeness (QED) is 0.830. The number of nitrogens with two attached hydrogens (primary N) is 1. The lowest BCUT2D eigenvalue weighted by Crippen LogP contribution is -2.18. The molecule has 2 rings (SSSR count). The number of nitrogens with one attached hydrogen (secondary N) is 1. The third kappa shape index (κ3) is 3.45. The highest BCUT2D eigenvalue weighted by molar-refractivity contribution is 7.80. The normalized spacial score (nSPS) is 10.2. The summed E-state index contributed by atoms with van der Waals surface area (Å²) >= 11 is 5.03. The minimum atomic E-state index is -0.0931. The average molecular weight is 288 g/mol. The maximum atomic E-state index is 12.0. The van der Waals surface area contributed by atoms with Gasteiger partial charge in [0.05, 0.1) is 12.0 Å². The van der Waals surface area contributed by atoms with Crippen LogP contribution in [0.1, 0.15) is 23.3 Å². The monoisotopic (exact) mass is 288 g/mol. The topological polar surface area (TPSA) is 68.3 Å². The second kappa shape index (κ2) is 6.34. The largest absolute Gasteiger partial charge is 0.469 e. The molecule has 0 saturated carbocycles. The zero-order chi connectivity index (χ0) is 14.5. The molecule has 0 saturated heterocycles. The Bertz CT molecular complexity index is 621. The molecule has 1 aromatic carbocycles. The van der Waals surface area contributed by atoms with Gasteiger partial charge in [0.2, 0.25) is 5.91 Å². The molecule has 1 aromatic heterocycles. The number of furan rings is 1. The number of anilines is 1. The number of thiocarbonyl (C=S) groups is 1. The zero-order valence-electron chi connectivity index (χ0n) is 11.2. The van der Waals surface area contributed by atoms with E-state index in [1.54, 1.807) is 18.4 Å². The van der Waals surface area contributed by atoms with Crippen LogP contribution in [0, 0.1) is 6.92 Å². The van der Waals surface area contributed by atoms with Crippen LogP contribution in [0.2, 0.25) is 0 Å². The lowest BCUT2D eigenvalue weighted by molar-refractivity contribution is -0.116. The van der Waals surface area contributed by atoms with Gasteiger partial charge in [-0.2, -0.15) is 0 Å². The Balaban J connectivity index is 2.04. The highest BCUT2D eigenvalue weighted by atomic mass is 32.1. The average Bonchev–Trinajstić information content (AvgIpc) is 2.89. The lowest BCUT2D eigenvalue weighted by Gasteiger charge is -2.12. The summed E-state index contributed by atoms with van der Waals surface area (Å²) in [5.41, 5.74) is 8.02. The van der Waals surface area contributed by atoms with E-state index in [0.29, 0.717) is 24.1 Å². The molecule has 20 heavy (non-hydrogen) atoms. The van der Waals surface area contributed by atoms with Crippen LogP contribution >= 0.6 is 12.2 Å². The van der Waals surface area contributed by atoms with E-state index in [9.17, 15) is 4.79 Å². The summed E-state index contributed by atoms with van der Waals surface area (Å²) in [6, 6.07) is 9.22. The van der Waals surface area contributed by atoms with Crippen molar-refractivity contribution in [1.29, 1.82) is 0 Å². The summed E-state index contributed by atoms with van der Waals surface area (Å²) in [5.74, 6) is 0.698. The zero-order valence-corrected chi connectivity index (χ0v) is 12.0.